The number of benzene rings is 2. The number of ether oxygens (including phenoxy) is 1. The second-order valence-corrected chi connectivity index (χ2v) is 4.90. The maximum absolute atomic E-state index is 13.6. The molecular formula is C17H12FN3O2. The summed E-state index contributed by atoms with van der Waals surface area (Å²) < 4.78 is 24.2. The van der Waals surface area contributed by atoms with Crippen LogP contribution in [0.3, 0.4) is 0 Å². The van der Waals surface area contributed by atoms with E-state index in [9.17, 15) is 4.39 Å². The highest BCUT2D eigenvalue weighted by Gasteiger charge is 2.11. The summed E-state index contributed by atoms with van der Waals surface area (Å²) in [6.07, 6.45) is 0. The highest BCUT2D eigenvalue weighted by atomic mass is 19.1. The van der Waals surface area contributed by atoms with Crippen LogP contribution in [0, 0.1) is 24.1 Å². The third-order valence-corrected chi connectivity index (χ3v) is 3.24. The van der Waals surface area contributed by atoms with Crippen molar-refractivity contribution in [2.24, 2.45) is 0 Å². The molecule has 0 aliphatic heterocycles. The average Bonchev–Trinajstić information content (AvgIpc) is 3.05. The van der Waals surface area contributed by atoms with Gasteiger partial charge in [-0.15, -0.1) is 0 Å². The summed E-state index contributed by atoms with van der Waals surface area (Å²) in [6.45, 7) is 1.78. The number of hydrogen-bond donors (Lipinski definition) is 0. The molecule has 0 saturated heterocycles. The van der Waals surface area contributed by atoms with Crippen LogP contribution in [0.4, 0.5) is 4.39 Å². The lowest BCUT2D eigenvalue weighted by atomic mass is 10.1. The summed E-state index contributed by atoms with van der Waals surface area (Å²) in [6, 6.07) is 13.5. The Morgan fingerprint density at radius 3 is 2.70 bits per heavy atom. The molecule has 2 aromatic carbocycles. The van der Waals surface area contributed by atoms with E-state index in [2.05, 4.69) is 10.1 Å². The van der Waals surface area contributed by atoms with Gasteiger partial charge in [0.2, 0.25) is 5.82 Å². The topological polar surface area (TPSA) is 71.9 Å². The van der Waals surface area contributed by atoms with E-state index in [1.807, 2.05) is 6.07 Å². The molecule has 0 spiro atoms. The number of nitriles is 1. The fourth-order valence-corrected chi connectivity index (χ4v) is 1.93. The number of aryl methyl sites for hydroxylation is 1. The number of nitrogens with zero attached hydrogens (tertiary/aromatic N) is 3. The zero-order valence-corrected chi connectivity index (χ0v) is 12.3. The predicted molar refractivity (Wildman–Crippen MR) is 79.9 cm³/mol. The van der Waals surface area contributed by atoms with Gasteiger partial charge in [-0.05, 0) is 42.8 Å². The molecular weight excluding hydrogens is 297 g/mol. The summed E-state index contributed by atoms with van der Waals surface area (Å²) in [5.41, 5.74) is 1.65. The van der Waals surface area contributed by atoms with E-state index in [4.69, 9.17) is 14.5 Å². The van der Waals surface area contributed by atoms with E-state index in [0.29, 0.717) is 28.3 Å². The molecule has 0 radical (unpaired) electrons. The van der Waals surface area contributed by atoms with E-state index >= 15 is 0 Å². The molecule has 23 heavy (non-hydrogen) atoms. The maximum Gasteiger partial charge on any atom is 0.264 e. The Morgan fingerprint density at radius 1 is 1.22 bits per heavy atom. The van der Waals surface area contributed by atoms with Crippen molar-refractivity contribution in [3.8, 4) is 23.2 Å². The number of aromatic nitrogens is 2. The maximum atomic E-state index is 13.6. The van der Waals surface area contributed by atoms with Crippen molar-refractivity contribution in [2.45, 2.75) is 13.5 Å². The van der Waals surface area contributed by atoms with Crippen LogP contribution in [0.5, 0.6) is 5.75 Å². The van der Waals surface area contributed by atoms with Crippen LogP contribution >= 0.6 is 0 Å². The van der Waals surface area contributed by atoms with Crippen molar-refractivity contribution in [2.75, 3.05) is 0 Å². The van der Waals surface area contributed by atoms with Crippen molar-refractivity contribution >= 4 is 0 Å². The molecule has 1 heterocycles. The second-order valence-electron chi connectivity index (χ2n) is 4.90. The van der Waals surface area contributed by atoms with Crippen LogP contribution in [-0.4, -0.2) is 10.1 Å². The van der Waals surface area contributed by atoms with E-state index in [0.717, 1.165) is 0 Å². The number of hydrogen-bond acceptors (Lipinski definition) is 5. The van der Waals surface area contributed by atoms with Gasteiger partial charge in [0.05, 0.1) is 11.6 Å². The third kappa shape index (κ3) is 3.35. The average molecular weight is 309 g/mol. The largest absolute Gasteiger partial charge is 0.484 e. The summed E-state index contributed by atoms with van der Waals surface area (Å²) in [5, 5.41) is 12.6. The van der Waals surface area contributed by atoms with Gasteiger partial charge in [-0.1, -0.05) is 17.3 Å². The second kappa shape index (κ2) is 6.28. The van der Waals surface area contributed by atoms with Crippen molar-refractivity contribution in [3.05, 3.63) is 65.3 Å². The van der Waals surface area contributed by atoms with E-state index < -0.39 is 0 Å². The molecule has 0 saturated carbocycles. The van der Waals surface area contributed by atoms with Gasteiger partial charge in [0.15, 0.2) is 6.61 Å². The minimum Gasteiger partial charge on any atom is -0.484 e. The van der Waals surface area contributed by atoms with Crippen molar-refractivity contribution < 1.29 is 13.7 Å². The molecule has 3 rings (SSSR count). The Morgan fingerprint density at radius 2 is 2.00 bits per heavy atom. The van der Waals surface area contributed by atoms with Gasteiger partial charge < -0.3 is 9.26 Å². The summed E-state index contributed by atoms with van der Waals surface area (Å²) in [5.74, 6) is 0.862. The zero-order valence-electron chi connectivity index (χ0n) is 12.3. The first-order valence-corrected chi connectivity index (χ1v) is 6.88. The Hall–Kier alpha value is -3.20. The van der Waals surface area contributed by atoms with Gasteiger partial charge in [0.25, 0.3) is 5.89 Å². The molecule has 0 unspecified atom stereocenters. The van der Waals surface area contributed by atoms with Crippen LogP contribution in [-0.2, 0) is 6.61 Å². The lowest BCUT2D eigenvalue weighted by Gasteiger charge is -2.02. The molecule has 0 amide bonds. The van der Waals surface area contributed by atoms with E-state index in [1.165, 1.54) is 6.07 Å². The summed E-state index contributed by atoms with van der Waals surface area (Å²) in [7, 11) is 0. The fraction of sp³-hybridized carbons (Fsp3) is 0.118. The van der Waals surface area contributed by atoms with Crippen LogP contribution in [0.25, 0.3) is 11.4 Å². The third-order valence-electron chi connectivity index (χ3n) is 3.24. The highest BCUT2D eigenvalue weighted by molar-refractivity contribution is 5.54. The van der Waals surface area contributed by atoms with Crippen LogP contribution in [0.1, 0.15) is 17.0 Å². The molecule has 0 fully saturated rings. The SMILES string of the molecule is Cc1ccc(-c2noc(COc3ccc(C#N)cc3)n2)cc1F. The molecule has 114 valence electrons. The minimum absolute atomic E-state index is 0.0905. The Balaban J connectivity index is 1.69. The van der Waals surface area contributed by atoms with Gasteiger partial charge in [-0.25, -0.2) is 4.39 Å². The molecule has 1 aromatic heterocycles. The molecule has 0 atom stereocenters. The quantitative estimate of drug-likeness (QED) is 0.736. The van der Waals surface area contributed by atoms with Crippen LogP contribution in [0.15, 0.2) is 47.0 Å². The minimum atomic E-state index is -0.317. The molecule has 0 N–H and O–H groups in total. The molecule has 0 aliphatic carbocycles. The molecule has 3 aromatic rings. The number of rotatable bonds is 4. The van der Waals surface area contributed by atoms with Crippen LogP contribution < -0.4 is 4.74 Å². The Labute approximate surface area is 131 Å². The summed E-state index contributed by atoms with van der Waals surface area (Å²) >= 11 is 0. The van der Waals surface area contributed by atoms with Crippen molar-refractivity contribution in [3.63, 3.8) is 0 Å². The molecule has 0 bridgehead atoms. The molecule has 6 heteroatoms. The van der Waals surface area contributed by atoms with Crippen LogP contribution in [0.2, 0.25) is 0 Å². The van der Waals surface area contributed by atoms with Gasteiger partial charge in [0, 0.05) is 5.56 Å². The normalized spacial score (nSPS) is 10.3. The smallest absolute Gasteiger partial charge is 0.264 e. The monoisotopic (exact) mass is 309 g/mol. The highest BCUT2D eigenvalue weighted by Crippen LogP contribution is 2.20. The molecule has 0 aliphatic rings. The van der Waals surface area contributed by atoms with Gasteiger partial charge in [-0.3, -0.25) is 0 Å². The number of halogens is 1. The Kier molecular flexibility index (Phi) is 4.02. The standard InChI is InChI=1S/C17H12FN3O2/c1-11-2-5-13(8-15(11)18)17-20-16(23-21-17)10-22-14-6-3-12(9-19)4-7-14/h2-8H,10H2,1H3. The zero-order chi connectivity index (χ0) is 16.2. The van der Waals surface area contributed by atoms with Crippen molar-refractivity contribution in [1.29, 1.82) is 5.26 Å². The van der Waals surface area contributed by atoms with Gasteiger partial charge in [-0.2, -0.15) is 10.2 Å². The lowest BCUT2D eigenvalue weighted by molar-refractivity contribution is 0.243. The first-order valence-electron chi connectivity index (χ1n) is 6.88. The fourth-order valence-electron chi connectivity index (χ4n) is 1.93. The van der Waals surface area contributed by atoms with Crippen molar-refractivity contribution in [1.82, 2.24) is 10.1 Å². The van der Waals surface area contributed by atoms with E-state index in [1.54, 1.807) is 43.3 Å². The summed E-state index contributed by atoms with van der Waals surface area (Å²) in [4.78, 5) is 4.18. The first-order chi connectivity index (χ1) is 11.2. The Bertz CT molecular complexity index is 866. The van der Waals surface area contributed by atoms with Gasteiger partial charge >= 0.3 is 0 Å². The van der Waals surface area contributed by atoms with Gasteiger partial charge in [0.1, 0.15) is 11.6 Å². The first kappa shape index (κ1) is 14.7. The predicted octanol–water partition coefficient (Wildman–Crippen LogP) is 3.63. The van der Waals surface area contributed by atoms with E-state index in [-0.39, 0.29) is 18.3 Å². The molecule has 5 nitrogen and oxygen atoms in total. The lowest BCUT2D eigenvalue weighted by Crippen LogP contribution is -1.95.